The lowest BCUT2D eigenvalue weighted by atomic mass is 10.1. The number of carbonyl (C=O) groups is 2. The predicted molar refractivity (Wildman–Crippen MR) is 82.0 cm³/mol. The number of carbonyl (C=O) groups excluding carboxylic acids is 2. The maximum absolute atomic E-state index is 12.5. The zero-order valence-corrected chi connectivity index (χ0v) is 13.2. The van der Waals surface area contributed by atoms with Crippen molar-refractivity contribution in [2.45, 2.75) is 33.4 Å². The highest BCUT2D eigenvalue weighted by atomic mass is 16.5. The molecule has 5 heteroatoms. The standard InChI is InChI=1S/C16H24N2O3/c1-5-18(10-15(19)17-12(2)3)16(20)14-8-6-7-13(9-14)11-21-4/h6-9,12H,5,10-11H2,1-4H3,(H,17,19). The molecule has 0 radical (unpaired) electrons. The first kappa shape index (κ1) is 17.2. The fourth-order valence-corrected chi connectivity index (χ4v) is 2.01. The second-order valence-corrected chi connectivity index (χ2v) is 5.17. The minimum Gasteiger partial charge on any atom is -0.380 e. The molecule has 0 heterocycles. The first-order chi connectivity index (χ1) is 9.97. The summed E-state index contributed by atoms with van der Waals surface area (Å²) in [4.78, 5) is 25.8. The third-order valence-corrected chi connectivity index (χ3v) is 2.94. The summed E-state index contributed by atoms with van der Waals surface area (Å²) in [6.45, 7) is 6.66. The molecular weight excluding hydrogens is 268 g/mol. The van der Waals surface area contributed by atoms with E-state index in [2.05, 4.69) is 5.32 Å². The van der Waals surface area contributed by atoms with Crippen LogP contribution >= 0.6 is 0 Å². The van der Waals surface area contributed by atoms with Crippen molar-refractivity contribution in [2.24, 2.45) is 0 Å². The second-order valence-electron chi connectivity index (χ2n) is 5.17. The highest BCUT2D eigenvalue weighted by Crippen LogP contribution is 2.09. The molecule has 0 atom stereocenters. The molecule has 0 unspecified atom stereocenters. The van der Waals surface area contributed by atoms with Crippen LogP contribution in [0, 0.1) is 0 Å². The van der Waals surface area contributed by atoms with E-state index in [4.69, 9.17) is 4.74 Å². The van der Waals surface area contributed by atoms with Crippen LogP contribution in [0.2, 0.25) is 0 Å². The fraction of sp³-hybridized carbons (Fsp3) is 0.500. The molecule has 1 aromatic rings. The monoisotopic (exact) mass is 292 g/mol. The van der Waals surface area contributed by atoms with Crippen LogP contribution in [0.15, 0.2) is 24.3 Å². The van der Waals surface area contributed by atoms with E-state index in [0.717, 1.165) is 5.56 Å². The quantitative estimate of drug-likeness (QED) is 0.834. The summed E-state index contributed by atoms with van der Waals surface area (Å²) in [6, 6.07) is 7.35. The molecule has 0 saturated heterocycles. The minimum atomic E-state index is -0.145. The molecule has 0 fully saturated rings. The molecule has 0 saturated carbocycles. The number of hydrogen-bond donors (Lipinski definition) is 1. The average Bonchev–Trinajstić information content (AvgIpc) is 2.44. The lowest BCUT2D eigenvalue weighted by molar-refractivity contribution is -0.122. The van der Waals surface area contributed by atoms with Crippen LogP contribution in [-0.2, 0) is 16.1 Å². The van der Waals surface area contributed by atoms with E-state index in [1.54, 1.807) is 19.2 Å². The topological polar surface area (TPSA) is 58.6 Å². The van der Waals surface area contributed by atoms with Gasteiger partial charge in [0.05, 0.1) is 13.2 Å². The Morgan fingerprint density at radius 3 is 2.62 bits per heavy atom. The first-order valence-electron chi connectivity index (χ1n) is 7.14. The average molecular weight is 292 g/mol. The molecule has 2 amide bonds. The second kappa shape index (κ2) is 8.42. The Kier molecular flexibility index (Phi) is 6.88. The number of hydrogen-bond acceptors (Lipinski definition) is 3. The van der Waals surface area contributed by atoms with Crippen molar-refractivity contribution < 1.29 is 14.3 Å². The van der Waals surface area contributed by atoms with E-state index in [1.165, 1.54) is 4.90 Å². The summed E-state index contributed by atoms with van der Waals surface area (Å²) in [7, 11) is 1.61. The van der Waals surface area contributed by atoms with Gasteiger partial charge in [-0.25, -0.2) is 0 Å². The maximum atomic E-state index is 12.5. The van der Waals surface area contributed by atoms with E-state index in [-0.39, 0.29) is 24.4 Å². The molecule has 5 nitrogen and oxygen atoms in total. The molecule has 0 spiro atoms. The van der Waals surface area contributed by atoms with Gasteiger partial charge >= 0.3 is 0 Å². The van der Waals surface area contributed by atoms with Crippen LogP contribution in [0.25, 0.3) is 0 Å². The highest BCUT2D eigenvalue weighted by molar-refractivity contribution is 5.96. The van der Waals surface area contributed by atoms with Gasteiger partial charge in [0.25, 0.3) is 5.91 Å². The van der Waals surface area contributed by atoms with Crippen LogP contribution in [0.4, 0.5) is 0 Å². The number of nitrogens with one attached hydrogen (secondary N) is 1. The van der Waals surface area contributed by atoms with Crippen LogP contribution in [0.1, 0.15) is 36.7 Å². The van der Waals surface area contributed by atoms with Gasteiger partial charge in [0.1, 0.15) is 0 Å². The number of rotatable bonds is 7. The Hall–Kier alpha value is -1.88. The smallest absolute Gasteiger partial charge is 0.254 e. The molecule has 1 aromatic carbocycles. The lowest BCUT2D eigenvalue weighted by Gasteiger charge is -2.21. The van der Waals surface area contributed by atoms with E-state index in [1.807, 2.05) is 32.9 Å². The summed E-state index contributed by atoms with van der Waals surface area (Å²) in [6.07, 6.45) is 0. The normalized spacial score (nSPS) is 10.5. The molecule has 1 rings (SSSR count). The fourth-order valence-electron chi connectivity index (χ4n) is 2.01. The molecule has 116 valence electrons. The number of amides is 2. The molecule has 0 aliphatic rings. The molecule has 0 aliphatic heterocycles. The number of methoxy groups -OCH3 is 1. The van der Waals surface area contributed by atoms with Crippen molar-refractivity contribution in [1.29, 1.82) is 0 Å². The van der Waals surface area contributed by atoms with E-state index >= 15 is 0 Å². The van der Waals surface area contributed by atoms with Gasteiger partial charge in [-0.15, -0.1) is 0 Å². The third kappa shape index (κ3) is 5.55. The number of ether oxygens (including phenoxy) is 1. The Bertz CT molecular complexity index is 486. The van der Waals surface area contributed by atoms with Gasteiger partial charge in [-0.2, -0.15) is 0 Å². The largest absolute Gasteiger partial charge is 0.380 e. The molecule has 0 bridgehead atoms. The van der Waals surface area contributed by atoms with Crippen molar-refractivity contribution in [1.82, 2.24) is 10.2 Å². The van der Waals surface area contributed by atoms with E-state index in [0.29, 0.717) is 18.7 Å². The summed E-state index contributed by atoms with van der Waals surface area (Å²) < 4.78 is 5.07. The summed E-state index contributed by atoms with van der Waals surface area (Å²) in [5.74, 6) is -0.289. The molecule has 0 aliphatic carbocycles. The van der Waals surface area contributed by atoms with Crippen LogP contribution in [0.3, 0.4) is 0 Å². The highest BCUT2D eigenvalue weighted by Gasteiger charge is 2.17. The van der Waals surface area contributed by atoms with Crippen molar-refractivity contribution in [2.75, 3.05) is 20.2 Å². The van der Waals surface area contributed by atoms with Crippen LogP contribution in [0.5, 0.6) is 0 Å². The van der Waals surface area contributed by atoms with Gasteiger partial charge in [-0.05, 0) is 38.5 Å². The molecule has 0 aromatic heterocycles. The van der Waals surface area contributed by atoms with E-state index in [9.17, 15) is 9.59 Å². The van der Waals surface area contributed by atoms with Gasteiger partial charge in [0.2, 0.25) is 5.91 Å². The third-order valence-electron chi connectivity index (χ3n) is 2.94. The van der Waals surface area contributed by atoms with Gasteiger partial charge in [-0.3, -0.25) is 9.59 Å². The molecule has 1 N–H and O–H groups in total. The van der Waals surface area contributed by atoms with Gasteiger partial charge in [-0.1, -0.05) is 12.1 Å². The van der Waals surface area contributed by atoms with Crippen LogP contribution < -0.4 is 5.32 Å². The van der Waals surface area contributed by atoms with Gasteiger partial charge in [0, 0.05) is 25.3 Å². The lowest BCUT2D eigenvalue weighted by Crippen LogP contribution is -2.42. The van der Waals surface area contributed by atoms with Gasteiger partial charge in [0.15, 0.2) is 0 Å². The Balaban J connectivity index is 2.78. The van der Waals surface area contributed by atoms with Crippen molar-refractivity contribution >= 4 is 11.8 Å². The van der Waals surface area contributed by atoms with Crippen molar-refractivity contribution in [3.8, 4) is 0 Å². The Labute approximate surface area is 126 Å². The SMILES string of the molecule is CCN(CC(=O)NC(C)C)C(=O)c1cccc(COC)c1. The Morgan fingerprint density at radius 2 is 2.05 bits per heavy atom. The number of benzene rings is 1. The number of nitrogens with zero attached hydrogens (tertiary/aromatic N) is 1. The summed E-state index contributed by atoms with van der Waals surface area (Å²) >= 11 is 0. The molecular formula is C16H24N2O3. The predicted octanol–water partition coefficient (Wildman–Crippen LogP) is 1.82. The molecule has 21 heavy (non-hydrogen) atoms. The minimum absolute atomic E-state index is 0.0661. The van der Waals surface area contributed by atoms with E-state index < -0.39 is 0 Å². The summed E-state index contributed by atoms with van der Waals surface area (Å²) in [5, 5.41) is 2.79. The Morgan fingerprint density at radius 1 is 1.33 bits per heavy atom. The van der Waals surface area contributed by atoms with Crippen molar-refractivity contribution in [3.63, 3.8) is 0 Å². The van der Waals surface area contributed by atoms with Gasteiger partial charge < -0.3 is 15.0 Å². The van der Waals surface area contributed by atoms with Crippen molar-refractivity contribution in [3.05, 3.63) is 35.4 Å². The first-order valence-corrected chi connectivity index (χ1v) is 7.14. The zero-order chi connectivity index (χ0) is 15.8. The number of likely N-dealkylation sites (N-methyl/N-ethyl adjacent to an activating group) is 1. The maximum Gasteiger partial charge on any atom is 0.254 e. The van der Waals surface area contributed by atoms with Crippen LogP contribution in [-0.4, -0.2) is 43.0 Å². The summed E-state index contributed by atoms with van der Waals surface area (Å²) in [5.41, 5.74) is 1.51. The zero-order valence-electron chi connectivity index (χ0n) is 13.2.